The Morgan fingerprint density at radius 1 is 1.00 bits per heavy atom. The molecule has 0 saturated carbocycles. The van der Waals surface area contributed by atoms with Crippen molar-refractivity contribution in [1.82, 2.24) is 9.88 Å². The molecule has 0 saturated heterocycles. The highest BCUT2D eigenvalue weighted by molar-refractivity contribution is 6.39. The zero-order valence-corrected chi connectivity index (χ0v) is 17.8. The molecule has 0 amide bonds. The van der Waals surface area contributed by atoms with Gasteiger partial charge in [-0.2, -0.15) is 0 Å². The molecule has 0 spiro atoms. The predicted molar refractivity (Wildman–Crippen MR) is 122 cm³/mol. The minimum absolute atomic E-state index is 0.0478. The van der Waals surface area contributed by atoms with Gasteiger partial charge in [0.05, 0.1) is 15.7 Å². The van der Waals surface area contributed by atoms with Crippen LogP contribution >= 0.6 is 34.8 Å². The maximum absolute atomic E-state index is 10.2. The second kappa shape index (κ2) is 8.76. The number of fused-ring (bicyclic) bond motifs is 1. The summed E-state index contributed by atoms with van der Waals surface area (Å²) >= 11 is 18.5. The van der Waals surface area contributed by atoms with Gasteiger partial charge in [0.25, 0.3) is 0 Å². The minimum atomic E-state index is -0.0478. The molecule has 148 valence electrons. The number of allylic oxidation sites excluding steroid dienone is 1. The fourth-order valence-corrected chi connectivity index (χ4v) is 4.10. The van der Waals surface area contributed by atoms with Gasteiger partial charge in [-0.1, -0.05) is 65.2 Å². The Labute approximate surface area is 184 Å². The number of nitrogens with zero attached hydrogens (tertiary/aromatic N) is 2. The van der Waals surface area contributed by atoms with Crippen molar-refractivity contribution in [2.24, 2.45) is 0 Å². The number of halogens is 3. The van der Waals surface area contributed by atoms with Gasteiger partial charge >= 0.3 is 0 Å². The number of phenols is 1. The quantitative estimate of drug-likeness (QED) is 0.483. The summed E-state index contributed by atoms with van der Waals surface area (Å²) in [6.07, 6.45) is 7.20. The van der Waals surface area contributed by atoms with Gasteiger partial charge in [-0.05, 0) is 47.9 Å². The van der Waals surface area contributed by atoms with E-state index >= 15 is 0 Å². The Balaban J connectivity index is 1.46. The minimum Gasteiger partial charge on any atom is -0.504 e. The van der Waals surface area contributed by atoms with Gasteiger partial charge in [-0.15, -0.1) is 0 Å². The van der Waals surface area contributed by atoms with Crippen molar-refractivity contribution in [3.8, 4) is 5.75 Å². The predicted octanol–water partition coefficient (Wildman–Crippen LogP) is 6.75. The highest BCUT2D eigenvalue weighted by atomic mass is 35.5. The standard InChI is InChI=1S/C23H19Cl3N2O/c24-19-4-2-1-3-16(19)14-28-11-9-15(10-12-28)5-6-17-7-8-18-20(25)13-21(26)23(29)22(18)27-17/h1-9,13,29H,10-12,14H2. The van der Waals surface area contributed by atoms with E-state index < -0.39 is 0 Å². The molecule has 0 radical (unpaired) electrons. The SMILES string of the molecule is Oc1c(Cl)cc(Cl)c2ccc(C=CC3=CCN(Cc4ccccc4Cl)CC3)nc12. The van der Waals surface area contributed by atoms with Crippen molar-refractivity contribution in [2.75, 3.05) is 13.1 Å². The van der Waals surface area contributed by atoms with E-state index in [2.05, 4.69) is 28.1 Å². The molecule has 0 bridgehead atoms. The van der Waals surface area contributed by atoms with Crippen LogP contribution in [-0.4, -0.2) is 28.1 Å². The molecule has 0 unspecified atom stereocenters. The van der Waals surface area contributed by atoms with E-state index in [1.807, 2.05) is 36.4 Å². The first-order chi connectivity index (χ1) is 14.0. The van der Waals surface area contributed by atoms with E-state index in [4.69, 9.17) is 34.8 Å². The van der Waals surface area contributed by atoms with Gasteiger partial charge in [0.2, 0.25) is 0 Å². The molecule has 2 aromatic carbocycles. The monoisotopic (exact) mass is 444 g/mol. The normalized spacial score (nSPS) is 15.2. The van der Waals surface area contributed by atoms with Crippen LogP contribution in [0.3, 0.4) is 0 Å². The molecule has 3 aromatic rings. The van der Waals surface area contributed by atoms with Crippen molar-refractivity contribution in [3.63, 3.8) is 0 Å². The van der Waals surface area contributed by atoms with Crippen LogP contribution < -0.4 is 0 Å². The fraction of sp³-hybridized carbons (Fsp3) is 0.174. The highest BCUT2D eigenvalue weighted by Gasteiger charge is 2.13. The molecule has 4 rings (SSSR count). The summed E-state index contributed by atoms with van der Waals surface area (Å²) in [7, 11) is 0. The third-order valence-corrected chi connectivity index (χ3v) is 6.00. The van der Waals surface area contributed by atoms with Crippen LogP contribution in [0.25, 0.3) is 17.0 Å². The lowest BCUT2D eigenvalue weighted by molar-refractivity contribution is 0.287. The first-order valence-electron chi connectivity index (χ1n) is 9.32. The van der Waals surface area contributed by atoms with Crippen molar-refractivity contribution in [1.29, 1.82) is 0 Å². The lowest BCUT2D eigenvalue weighted by Gasteiger charge is -2.25. The topological polar surface area (TPSA) is 36.4 Å². The maximum Gasteiger partial charge on any atom is 0.160 e. The van der Waals surface area contributed by atoms with Gasteiger partial charge in [0.1, 0.15) is 5.52 Å². The molecule has 29 heavy (non-hydrogen) atoms. The molecule has 0 atom stereocenters. The van der Waals surface area contributed by atoms with Gasteiger partial charge in [0.15, 0.2) is 5.75 Å². The smallest absolute Gasteiger partial charge is 0.160 e. The summed E-state index contributed by atoms with van der Waals surface area (Å²) in [5, 5.41) is 12.4. The van der Waals surface area contributed by atoms with Crippen LogP contribution in [0.2, 0.25) is 15.1 Å². The number of aromatic nitrogens is 1. The van der Waals surface area contributed by atoms with Crippen molar-refractivity contribution >= 4 is 51.8 Å². The third kappa shape index (κ3) is 4.59. The number of aromatic hydroxyl groups is 1. The molecule has 1 aliphatic heterocycles. The molecule has 6 heteroatoms. The van der Waals surface area contributed by atoms with Crippen molar-refractivity contribution in [2.45, 2.75) is 13.0 Å². The number of pyridine rings is 1. The summed E-state index contributed by atoms with van der Waals surface area (Å²) in [5.74, 6) is -0.0478. The van der Waals surface area contributed by atoms with Crippen LogP contribution in [0.15, 0.2) is 60.2 Å². The summed E-state index contributed by atoms with van der Waals surface area (Å²) in [6.45, 7) is 2.70. The lowest BCUT2D eigenvalue weighted by atomic mass is 10.1. The Morgan fingerprint density at radius 2 is 1.83 bits per heavy atom. The van der Waals surface area contributed by atoms with E-state index in [1.165, 1.54) is 11.6 Å². The van der Waals surface area contributed by atoms with E-state index in [1.54, 1.807) is 0 Å². The molecule has 0 aliphatic carbocycles. The number of hydrogen-bond donors (Lipinski definition) is 1. The van der Waals surface area contributed by atoms with Crippen molar-refractivity contribution in [3.05, 3.63) is 86.5 Å². The molecular formula is C23H19Cl3N2O. The molecule has 1 aliphatic rings. The van der Waals surface area contributed by atoms with Gasteiger partial charge < -0.3 is 5.11 Å². The molecular weight excluding hydrogens is 427 g/mol. The van der Waals surface area contributed by atoms with Crippen LogP contribution in [0.5, 0.6) is 5.75 Å². The molecule has 1 aromatic heterocycles. The summed E-state index contributed by atoms with van der Waals surface area (Å²) < 4.78 is 0. The molecule has 2 heterocycles. The maximum atomic E-state index is 10.2. The second-order valence-electron chi connectivity index (χ2n) is 7.01. The average Bonchev–Trinajstić information content (AvgIpc) is 2.73. The van der Waals surface area contributed by atoms with Crippen LogP contribution in [-0.2, 0) is 6.54 Å². The van der Waals surface area contributed by atoms with Crippen LogP contribution in [0, 0.1) is 0 Å². The molecule has 1 N–H and O–H groups in total. The fourth-order valence-electron chi connectivity index (χ4n) is 3.39. The first kappa shape index (κ1) is 20.2. The summed E-state index contributed by atoms with van der Waals surface area (Å²) in [5.41, 5.74) is 3.56. The average molecular weight is 446 g/mol. The number of hydrogen-bond acceptors (Lipinski definition) is 3. The van der Waals surface area contributed by atoms with Crippen LogP contribution in [0.4, 0.5) is 0 Å². The van der Waals surface area contributed by atoms with Gasteiger partial charge in [0, 0.05) is 30.0 Å². The van der Waals surface area contributed by atoms with Crippen LogP contribution in [0.1, 0.15) is 17.7 Å². The zero-order valence-electron chi connectivity index (χ0n) is 15.6. The van der Waals surface area contributed by atoms with E-state index in [-0.39, 0.29) is 10.8 Å². The highest BCUT2D eigenvalue weighted by Crippen LogP contribution is 2.36. The summed E-state index contributed by atoms with van der Waals surface area (Å²) in [6, 6.07) is 13.2. The largest absolute Gasteiger partial charge is 0.504 e. The van der Waals surface area contributed by atoms with Gasteiger partial charge in [-0.25, -0.2) is 4.98 Å². The Kier molecular flexibility index (Phi) is 6.12. The van der Waals surface area contributed by atoms with Crippen molar-refractivity contribution < 1.29 is 5.11 Å². The van der Waals surface area contributed by atoms with Gasteiger partial charge in [-0.3, -0.25) is 4.90 Å². The first-order valence-corrected chi connectivity index (χ1v) is 10.5. The number of benzene rings is 2. The summed E-state index contributed by atoms with van der Waals surface area (Å²) in [4.78, 5) is 6.87. The van der Waals surface area contributed by atoms with E-state index in [0.29, 0.717) is 15.9 Å². The zero-order chi connectivity index (χ0) is 20.4. The number of phenolic OH excluding ortho intramolecular Hbond substituents is 1. The van der Waals surface area contributed by atoms with E-state index in [9.17, 15) is 5.11 Å². The Hall–Kier alpha value is -2.04. The number of rotatable bonds is 4. The molecule has 3 nitrogen and oxygen atoms in total. The third-order valence-electron chi connectivity index (χ3n) is 5.03. The Bertz CT molecular complexity index is 1120. The lowest BCUT2D eigenvalue weighted by Crippen LogP contribution is -2.28. The Morgan fingerprint density at radius 3 is 2.59 bits per heavy atom. The molecule has 0 fully saturated rings. The second-order valence-corrected chi connectivity index (χ2v) is 8.23. The van der Waals surface area contributed by atoms with E-state index in [0.717, 1.165) is 42.3 Å².